The van der Waals surface area contributed by atoms with Crippen molar-refractivity contribution in [3.63, 3.8) is 0 Å². The lowest BCUT2D eigenvalue weighted by Crippen LogP contribution is -2.50. The Kier molecular flexibility index (Phi) is 3.96. The fourth-order valence-electron chi connectivity index (χ4n) is 2.76. The molecule has 0 aromatic carbocycles. The Hall–Kier alpha value is -0.340. The third-order valence-electron chi connectivity index (χ3n) is 3.72. The van der Waals surface area contributed by atoms with E-state index in [9.17, 15) is 0 Å². The predicted octanol–water partition coefficient (Wildman–Crippen LogP) is 3.03. The summed E-state index contributed by atoms with van der Waals surface area (Å²) < 4.78 is 11.2. The lowest BCUT2D eigenvalue weighted by Gasteiger charge is -2.46. The van der Waals surface area contributed by atoms with E-state index in [0.717, 1.165) is 6.42 Å². The van der Waals surface area contributed by atoms with Gasteiger partial charge >= 0.3 is 0 Å². The van der Waals surface area contributed by atoms with Gasteiger partial charge in [0, 0.05) is 20.1 Å². The van der Waals surface area contributed by atoms with E-state index in [1.54, 1.807) is 14.2 Å². The van der Waals surface area contributed by atoms with Gasteiger partial charge in [0.05, 0.1) is 12.2 Å². The maximum absolute atomic E-state index is 5.62. The molecule has 0 unspecified atom stereocenters. The van der Waals surface area contributed by atoms with Crippen molar-refractivity contribution < 1.29 is 9.47 Å². The van der Waals surface area contributed by atoms with E-state index in [1.165, 1.54) is 12.0 Å². The highest BCUT2D eigenvalue weighted by Crippen LogP contribution is 2.43. The summed E-state index contributed by atoms with van der Waals surface area (Å²) in [5.41, 5.74) is 1.40. The van der Waals surface area contributed by atoms with Gasteiger partial charge < -0.3 is 9.47 Å². The molecule has 0 bridgehead atoms. The van der Waals surface area contributed by atoms with Gasteiger partial charge in [0.1, 0.15) is 0 Å². The molecule has 15 heavy (non-hydrogen) atoms. The van der Waals surface area contributed by atoms with Crippen LogP contribution in [0.1, 0.15) is 33.6 Å². The molecule has 0 saturated heterocycles. The smallest absolute Gasteiger partial charge is 0.0902 e. The van der Waals surface area contributed by atoms with Crippen LogP contribution in [-0.2, 0) is 9.47 Å². The number of hydrogen-bond acceptors (Lipinski definition) is 2. The average Bonchev–Trinajstić information content (AvgIpc) is 2.15. The summed E-state index contributed by atoms with van der Waals surface area (Å²) in [6.45, 7) is 10.6. The van der Waals surface area contributed by atoms with Crippen LogP contribution < -0.4 is 0 Å². The summed E-state index contributed by atoms with van der Waals surface area (Å²) in [7, 11) is 3.55. The number of rotatable bonds is 3. The Morgan fingerprint density at radius 2 is 1.87 bits per heavy atom. The highest BCUT2D eigenvalue weighted by molar-refractivity contribution is 5.07. The van der Waals surface area contributed by atoms with Gasteiger partial charge in [-0.05, 0) is 25.2 Å². The summed E-state index contributed by atoms with van der Waals surface area (Å²) in [6.07, 6.45) is 2.64. The zero-order valence-electron chi connectivity index (χ0n) is 10.7. The molecule has 0 amide bonds. The molecule has 88 valence electrons. The van der Waals surface area contributed by atoms with Crippen molar-refractivity contribution in [3.05, 3.63) is 12.2 Å². The van der Waals surface area contributed by atoms with E-state index in [0.29, 0.717) is 5.92 Å². The third kappa shape index (κ3) is 2.43. The monoisotopic (exact) mass is 212 g/mol. The van der Waals surface area contributed by atoms with Crippen molar-refractivity contribution in [2.24, 2.45) is 11.3 Å². The molecular weight excluding hydrogens is 188 g/mol. The first-order chi connectivity index (χ1) is 6.94. The fourth-order valence-corrected chi connectivity index (χ4v) is 2.76. The van der Waals surface area contributed by atoms with Gasteiger partial charge in [-0.1, -0.05) is 26.0 Å². The molecular formula is C13H24O2. The molecule has 0 aliphatic heterocycles. The molecule has 1 aliphatic carbocycles. The fraction of sp³-hybridized carbons (Fsp3) is 0.846. The first-order valence-corrected chi connectivity index (χ1v) is 5.65. The van der Waals surface area contributed by atoms with Crippen molar-refractivity contribution in [2.75, 3.05) is 14.2 Å². The zero-order chi connectivity index (χ0) is 11.6. The van der Waals surface area contributed by atoms with Gasteiger partial charge in [0.25, 0.3) is 0 Å². The number of ether oxygens (including phenoxy) is 2. The number of hydrogen-bond donors (Lipinski definition) is 0. The summed E-state index contributed by atoms with van der Waals surface area (Å²) >= 11 is 0. The molecule has 1 rings (SSSR count). The van der Waals surface area contributed by atoms with E-state index in [4.69, 9.17) is 9.47 Å². The minimum atomic E-state index is 0.149. The van der Waals surface area contributed by atoms with Gasteiger partial charge in [-0.25, -0.2) is 0 Å². The van der Waals surface area contributed by atoms with Crippen LogP contribution in [0.25, 0.3) is 0 Å². The Morgan fingerprint density at radius 1 is 1.27 bits per heavy atom. The zero-order valence-corrected chi connectivity index (χ0v) is 10.7. The second-order valence-electron chi connectivity index (χ2n) is 5.34. The lowest BCUT2D eigenvalue weighted by molar-refractivity contribution is -0.134. The maximum atomic E-state index is 5.62. The Balaban J connectivity index is 2.89. The molecule has 0 aromatic heterocycles. The highest BCUT2D eigenvalue weighted by Gasteiger charge is 2.44. The van der Waals surface area contributed by atoms with E-state index in [2.05, 4.69) is 27.4 Å². The molecule has 0 spiro atoms. The molecule has 3 atom stereocenters. The first kappa shape index (κ1) is 12.7. The van der Waals surface area contributed by atoms with Crippen molar-refractivity contribution in [2.45, 2.75) is 45.8 Å². The van der Waals surface area contributed by atoms with Gasteiger partial charge in [0.2, 0.25) is 0 Å². The molecule has 0 heterocycles. The van der Waals surface area contributed by atoms with Crippen molar-refractivity contribution in [3.8, 4) is 0 Å². The molecule has 2 heteroatoms. The molecule has 0 aromatic rings. The normalized spacial score (nSPS) is 35.1. The molecule has 1 fully saturated rings. The summed E-state index contributed by atoms with van der Waals surface area (Å²) in [4.78, 5) is 0. The van der Waals surface area contributed by atoms with Crippen LogP contribution in [0.3, 0.4) is 0 Å². The Bertz CT molecular complexity index is 233. The molecule has 0 radical (unpaired) electrons. The first-order valence-electron chi connectivity index (χ1n) is 5.65. The standard InChI is InChI=1S/C13H24O2/c1-9(2)10-7-8-13(3,4)12(15-6)11(10)14-5/h10-12H,1,7-8H2,2-6H3/t10-,11+,12+/m1/s1. The SMILES string of the molecule is C=C(C)[C@H]1CCC(C)(C)[C@@H](OC)[C@H]1OC. The lowest BCUT2D eigenvalue weighted by atomic mass is 9.67. The van der Waals surface area contributed by atoms with E-state index in [-0.39, 0.29) is 17.6 Å². The van der Waals surface area contributed by atoms with Crippen LogP contribution in [-0.4, -0.2) is 26.4 Å². The van der Waals surface area contributed by atoms with Crippen LogP contribution in [0, 0.1) is 11.3 Å². The van der Waals surface area contributed by atoms with Crippen molar-refractivity contribution in [1.82, 2.24) is 0 Å². The van der Waals surface area contributed by atoms with Crippen LogP contribution >= 0.6 is 0 Å². The van der Waals surface area contributed by atoms with Gasteiger partial charge in [-0.2, -0.15) is 0 Å². The van der Waals surface area contributed by atoms with E-state index < -0.39 is 0 Å². The summed E-state index contributed by atoms with van der Waals surface area (Å²) in [5.74, 6) is 0.438. The average molecular weight is 212 g/mol. The second-order valence-corrected chi connectivity index (χ2v) is 5.34. The Labute approximate surface area is 93.7 Å². The van der Waals surface area contributed by atoms with E-state index >= 15 is 0 Å². The van der Waals surface area contributed by atoms with Crippen molar-refractivity contribution in [1.29, 1.82) is 0 Å². The van der Waals surface area contributed by atoms with Gasteiger partial charge in [0.15, 0.2) is 0 Å². The van der Waals surface area contributed by atoms with Crippen LogP contribution in [0.15, 0.2) is 12.2 Å². The summed E-state index contributed by atoms with van der Waals surface area (Å²) in [6, 6.07) is 0. The minimum Gasteiger partial charge on any atom is -0.378 e. The van der Waals surface area contributed by atoms with Crippen LogP contribution in [0.4, 0.5) is 0 Å². The third-order valence-corrected chi connectivity index (χ3v) is 3.72. The van der Waals surface area contributed by atoms with Crippen LogP contribution in [0.2, 0.25) is 0 Å². The number of methoxy groups -OCH3 is 2. The van der Waals surface area contributed by atoms with Crippen LogP contribution in [0.5, 0.6) is 0 Å². The minimum absolute atomic E-state index is 0.149. The van der Waals surface area contributed by atoms with Crippen molar-refractivity contribution >= 4 is 0 Å². The molecule has 1 aliphatic rings. The van der Waals surface area contributed by atoms with Gasteiger partial charge in [-0.15, -0.1) is 0 Å². The van der Waals surface area contributed by atoms with Gasteiger partial charge in [-0.3, -0.25) is 0 Å². The maximum Gasteiger partial charge on any atom is 0.0902 e. The quantitative estimate of drug-likeness (QED) is 0.669. The topological polar surface area (TPSA) is 18.5 Å². The molecule has 2 nitrogen and oxygen atoms in total. The molecule has 1 saturated carbocycles. The predicted molar refractivity (Wildman–Crippen MR) is 62.9 cm³/mol. The Morgan fingerprint density at radius 3 is 2.27 bits per heavy atom. The van der Waals surface area contributed by atoms with E-state index in [1.807, 2.05) is 0 Å². The second kappa shape index (κ2) is 4.67. The largest absolute Gasteiger partial charge is 0.378 e. The summed E-state index contributed by atoms with van der Waals surface area (Å²) in [5, 5.41) is 0. The molecule has 0 N–H and O–H groups in total. The highest BCUT2D eigenvalue weighted by atomic mass is 16.5.